The number of carboxylic acid groups (broad SMARTS) is 1. The number of benzene rings is 4. The Labute approximate surface area is 196 Å². The van der Waals surface area contributed by atoms with Crippen molar-refractivity contribution in [3.05, 3.63) is 108 Å². The molecule has 170 valence electrons. The summed E-state index contributed by atoms with van der Waals surface area (Å²) in [6, 6.07) is 27.6. The van der Waals surface area contributed by atoms with E-state index in [1.807, 2.05) is 78.9 Å². The molecule has 34 heavy (non-hydrogen) atoms. The SMILES string of the molecule is O=C(NC(c1cccc2ccccc12)C(O)C(=O)O)OCC1c2ccccc2-c2ccccc21. The maximum Gasteiger partial charge on any atom is 0.407 e. The van der Waals surface area contributed by atoms with Gasteiger partial charge in [-0.3, -0.25) is 0 Å². The number of carboxylic acids is 1. The van der Waals surface area contributed by atoms with E-state index in [2.05, 4.69) is 5.32 Å². The zero-order valence-corrected chi connectivity index (χ0v) is 18.2. The van der Waals surface area contributed by atoms with Crippen molar-refractivity contribution in [3.8, 4) is 11.1 Å². The van der Waals surface area contributed by atoms with Crippen LogP contribution in [0.1, 0.15) is 28.7 Å². The number of alkyl carbamates (subject to hydrolysis) is 1. The number of aliphatic hydroxyl groups is 1. The molecule has 0 saturated heterocycles. The molecule has 0 radical (unpaired) electrons. The normalized spacial score (nSPS) is 14.1. The molecule has 0 aliphatic heterocycles. The standard InChI is InChI=1S/C28H23NO5/c30-26(27(31)32)25(23-15-7-9-17-8-1-2-10-18(17)23)29-28(33)34-16-24-21-13-5-3-11-19(21)20-12-4-6-14-22(20)24/h1-15,24-26,30H,16H2,(H,29,33)(H,31,32). The second kappa shape index (κ2) is 9.00. The van der Waals surface area contributed by atoms with Crippen molar-refractivity contribution in [1.82, 2.24) is 5.32 Å². The highest BCUT2D eigenvalue weighted by atomic mass is 16.5. The largest absolute Gasteiger partial charge is 0.479 e. The van der Waals surface area contributed by atoms with Crippen molar-refractivity contribution in [3.63, 3.8) is 0 Å². The first-order valence-corrected chi connectivity index (χ1v) is 11.0. The quantitative estimate of drug-likeness (QED) is 0.387. The van der Waals surface area contributed by atoms with Gasteiger partial charge in [-0.1, -0.05) is 91.0 Å². The molecule has 2 unspecified atom stereocenters. The van der Waals surface area contributed by atoms with Crippen LogP contribution >= 0.6 is 0 Å². The Morgan fingerprint density at radius 1 is 0.824 bits per heavy atom. The summed E-state index contributed by atoms with van der Waals surface area (Å²) in [5.74, 6) is -1.56. The predicted molar refractivity (Wildman–Crippen MR) is 129 cm³/mol. The number of rotatable bonds is 6. The predicted octanol–water partition coefficient (Wildman–Crippen LogP) is 4.87. The minimum Gasteiger partial charge on any atom is -0.479 e. The lowest BCUT2D eigenvalue weighted by Crippen LogP contribution is -2.41. The van der Waals surface area contributed by atoms with Crippen molar-refractivity contribution in [1.29, 1.82) is 0 Å². The Balaban J connectivity index is 1.39. The van der Waals surface area contributed by atoms with Gasteiger partial charge in [0.1, 0.15) is 6.61 Å². The number of nitrogens with one attached hydrogen (secondary N) is 1. The number of hydrogen-bond donors (Lipinski definition) is 3. The summed E-state index contributed by atoms with van der Waals surface area (Å²) < 4.78 is 5.58. The molecule has 6 heteroatoms. The van der Waals surface area contributed by atoms with E-state index in [1.165, 1.54) is 0 Å². The lowest BCUT2D eigenvalue weighted by Gasteiger charge is -2.23. The smallest absolute Gasteiger partial charge is 0.407 e. The van der Waals surface area contributed by atoms with Crippen LogP contribution in [0.25, 0.3) is 21.9 Å². The molecule has 0 spiro atoms. The first-order chi connectivity index (χ1) is 16.5. The first-order valence-electron chi connectivity index (χ1n) is 11.0. The molecule has 0 saturated carbocycles. The van der Waals surface area contributed by atoms with Crippen LogP contribution in [0, 0.1) is 0 Å². The van der Waals surface area contributed by atoms with Gasteiger partial charge in [0.2, 0.25) is 0 Å². The molecule has 1 aliphatic carbocycles. The topological polar surface area (TPSA) is 95.9 Å². The molecule has 0 aromatic heterocycles. The van der Waals surface area contributed by atoms with Crippen molar-refractivity contribution < 1.29 is 24.5 Å². The molecule has 1 amide bonds. The van der Waals surface area contributed by atoms with Crippen molar-refractivity contribution >= 4 is 22.8 Å². The summed E-state index contributed by atoms with van der Waals surface area (Å²) in [7, 11) is 0. The van der Waals surface area contributed by atoms with Gasteiger partial charge < -0.3 is 20.3 Å². The maximum atomic E-state index is 12.8. The van der Waals surface area contributed by atoms with Gasteiger partial charge in [0.05, 0.1) is 6.04 Å². The number of ether oxygens (including phenoxy) is 1. The van der Waals surface area contributed by atoms with Crippen LogP contribution in [0.2, 0.25) is 0 Å². The van der Waals surface area contributed by atoms with Gasteiger partial charge in [-0.2, -0.15) is 0 Å². The molecule has 0 fully saturated rings. The van der Waals surface area contributed by atoms with Crippen LogP contribution in [-0.2, 0) is 9.53 Å². The molecular formula is C28H23NO5. The fourth-order valence-corrected chi connectivity index (χ4v) is 4.76. The third kappa shape index (κ3) is 3.89. The molecule has 2 atom stereocenters. The molecule has 4 aromatic carbocycles. The highest BCUT2D eigenvalue weighted by Gasteiger charge is 2.32. The molecule has 4 aromatic rings. The van der Waals surface area contributed by atoms with E-state index >= 15 is 0 Å². The van der Waals surface area contributed by atoms with E-state index < -0.39 is 24.2 Å². The highest BCUT2D eigenvalue weighted by molar-refractivity contribution is 5.88. The fraction of sp³-hybridized carbons (Fsp3) is 0.143. The summed E-state index contributed by atoms with van der Waals surface area (Å²) in [4.78, 5) is 24.5. The van der Waals surface area contributed by atoms with Crippen LogP contribution in [0.3, 0.4) is 0 Å². The Morgan fingerprint density at radius 3 is 2.09 bits per heavy atom. The lowest BCUT2D eigenvalue weighted by molar-refractivity contribution is -0.148. The van der Waals surface area contributed by atoms with Crippen molar-refractivity contribution in [2.24, 2.45) is 0 Å². The monoisotopic (exact) mass is 453 g/mol. The van der Waals surface area contributed by atoms with Gasteiger partial charge in [0, 0.05) is 5.92 Å². The molecule has 1 aliphatic rings. The molecule has 5 rings (SSSR count). The van der Waals surface area contributed by atoms with Crippen LogP contribution < -0.4 is 5.32 Å². The molecule has 0 bridgehead atoms. The van der Waals surface area contributed by atoms with Crippen LogP contribution in [-0.4, -0.2) is 35.0 Å². The zero-order valence-electron chi connectivity index (χ0n) is 18.2. The van der Waals surface area contributed by atoms with Crippen LogP contribution in [0.15, 0.2) is 91.0 Å². The van der Waals surface area contributed by atoms with E-state index in [9.17, 15) is 19.8 Å². The summed E-state index contributed by atoms with van der Waals surface area (Å²) in [5, 5.41) is 24.1. The number of aliphatic carboxylic acids is 1. The van der Waals surface area contributed by atoms with Crippen LogP contribution in [0.5, 0.6) is 0 Å². The average Bonchev–Trinajstić information content (AvgIpc) is 3.19. The van der Waals surface area contributed by atoms with E-state index in [4.69, 9.17) is 4.74 Å². The van der Waals surface area contributed by atoms with Crippen LogP contribution in [0.4, 0.5) is 4.79 Å². The second-order valence-corrected chi connectivity index (χ2v) is 8.30. The fourth-order valence-electron chi connectivity index (χ4n) is 4.76. The summed E-state index contributed by atoms with van der Waals surface area (Å²) >= 11 is 0. The number of amides is 1. The van der Waals surface area contributed by atoms with Gasteiger partial charge >= 0.3 is 12.1 Å². The first kappa shape index (κ1) is 21.7. The van der Waals surface area contributed by atoms with E-state index in [0.29, 0.717) is 5.56 Å². The van der Waals surface area contributed by atoms with E-state index in [-0.39, 0.29) is 12.5 Å². The summed E-state index contributed by atoms with van der Waals surface area (Å²) in [6.07, 6.45) is -2.63. The molecule has 3 N–H and O–H groups in total. The van der Waals surface area contributed by atoms with E-state index in [0.717, 1.165) is 33.0 Å². The van der Waals surface area contributed by atoms with Gasteiger partial charge in [0.15, 0.2) is 6.10 Å². The maximum absolute atomic E-state index is 12.8. The minimum atomic E-state index is -1.84. The van der Waals surface area contributed by atoms with Crippen molar-refractivity contribution in [2.75, 3.05) is 6.61 Å². The Morgan fingerprint density at radius 2 is 1.41 bits per heavy atom. The number of carbonyl (C=O) groups excluding carboxylic acids is 1. The van der Waals surface area contributed by atoms with Gasteiger partial charge in [0.25, 0.3) is 0 Å². The number of hydrogen-bond acceptors (Lipinski definition) is 4. The summed E-state index contributed by atoms with van der Waals surface area (Å²) in [5.41, 5.74) is 4.88. The third-order valence-electron chi connectivity index (χ3n) is 6.34. The third-order valence-corrected chi connectivity index (χ3v) is 6.34. The second-order valence-electron chi connectivity index (χ2n) is 8.30. The van der Waals surface area contributed by atoms with Gasteiger partial charge in [-0.25, -0.2) is 9.59 Å². The Kier molecular flexibility index (Phi) is 5.74. The molecular weight excluding hydrogens is 430 g/mol. The Hall–Kier alpha value is -4.16. The lowest BCUT2D eigenvalue weighted by atomic mass is 9.95. The van der Waals surface area contributed by atoms with Gasteiger partial charge in [-0.05, 0) is 38.6 Å². The average molecular weight is 453 g/mol. The number of aliphatic hydroxyl groups excluding tert-OH is 1. The number of carbonyl (C=O) groups is 2. The van der Waals surface area contributed by atoms with E-state index in [1.54, 1.807) is 12.1 Å². The van der Waals surface area contributed by atoms with Crippen molar-refractivity contribution in [2.45, 2.75) is 18.1 Å². The zero-order chi connectivity index (χ0) is 23.7. The molecule has 0 heterocycles. The summed E-state index contributed by atoms with van der Waals surface area (Å²) in [6.45, 7) is 0.0886. The number of fused-ring (bicyclic) bond motifs is 4. The highest BCUT2D eigenvalue weighted by Crippen LogP contribution is 2.44. The van der Waals surface area contributed by atoms with Gasteiger partial charge in [-0.15, -0.1) is 0 Å². The minimum absolute atomic E-state index is 0.0886. The Bertz CT molecular complexity index is 1330. The molecule has 6 nitrogen and oxygen atoms in total.